The number of fused-ring (bicyclic) bond motifs is 1. The first-order chi connectivity index (χ1) is 12.4. The number of nitrogens with one attached hydrogen (secondary N) is 1. The van der Waals surface area contributed by atoms with Gasteiger partial charge in [-0.2, -0.15) is 0 Å². The van der Waals surface area contributed by atoms with Crippen molar-refractivity contribution in [3.05, 3.63) is 64.2 Å². The van der Waals surface area contributed by atoms with Crippen molar-refractivity contribution in [3.8, 4) is 0 Å². The van der Waals surface area contributed by atoms with Crippen LogP contribution in [0.5, 0.6) is 0 Å². The fourth-order valence-electron chi connectivity index (χ4n) is 2.81. The molecule has 1 aliphatic heterocycles. The molecule has 0 bridgehead atoms. The van der Waals surface area contributed by atoms with Gasteiger partial charge in [-0.05, 0) is 34.9 Å². The van der Waals surface area contributed by atoms with E-state index in [0.717, 1.165) is 11.1 Å². The third-order valence-corrected chi connectivity index (χ3v) is 4.88. The van der Waals surface area contributed by atoms with Crippen LogP contribution in [0.1, 0.15) is 16.7 Å². The average molecular weight is 392 g/mol. The van der Waals surface area contributed by atoms with E-state index in [9.17, 15) is 18.4 Å². The quantitative estimate of drug-likeness (QED) is 0.762. The highest BCUT2D eigenvalue weighted by atomic mass is 35.5. The van der Waals surface area contributed by atoms with E-state index in [1.54, 1.807) is 42.5 Å². The van der Waals surface area contributed by atoms with Crippen LogP contribution in [0.4, 0.5) is 5.69 Å². The number of anilines is 1. The summed E-state index contributed by atoms with van der Waals surface area (Å²) in [5.74, 6) is -0.439. The molecule has 1 unspecified atom stereocenters. The average Bonchev–Trinajstić information content (AvgIpc) is 2.88. The number of rotatable bonds is 6. The maximum Gasteiger partial charge on any atom is 0.240 e. The fraction of sp³-hybridized carbons (Fsp3) is 0.222. The van der Waals surface area contributed by atoms with Crippen LogP contribution in [0.25, 0.3) is 0 Å². The number of carbonyl (C=O) groups excluding carboxylic acids is 2. The van der Waals surface area contributed by atoms with Crippen molar-refractivity contribution < 1.29 is 18.4 Å². The highest BCUT2D eigenvalue weighted by Crippen LogP contribution is 2.30. The molecule has 136 valence electrons. The predicted molar refractivity (Wildman–Crippen MR) is 98.4 cm³/mol. The highest BCUT2D eigenvalue weighted by molar-refractivity contribution is 7.78. The lowest BCUT2D eigenvalue weighted by atomic mass is 10.1. The van der Waals surface area contributed by atoms with Crippen molar-refractivity contribution in [2.45, 2.75) is 18.7 Å². The molecule has 1 N–H and O–H groups in total. The number of carbonyl (C=O) groups is 2. The van der Waals surface area contributed by atoms with Gasteiger partial charge in [-0.1, -0.05) is 46.9 Å². The Bertz CT molecular complexity index is 870. The largest absolute Gasteiger partial charge is 0.772 e. The molecule has 8 heteroatoms. The Kier molecular flexibility index (Phi) is 5.70. The number of nitrogens with zero attached hydrogens (tertiary/aromatic N) is 1. The van der Waals surface area contributed by atoms with Gasteiger partial charge in [-0.25, -0.2) is 0 Å². The minimum Gasteiger partial charge on any atom is -0.772 e. The Morgan fingerprint density at radius 2 is 1.88 bits per heavy atom. The first-order valence-electron chi connectivity index (χ1n) is 7.91. The van der Waals surface area contributed by atoms with Crippen molar-refractivity contribution in [2.24, 2.45) is 0 Å². The highest BCUT2D eigenvalue weighted by Gasteiger charge is 2.28. The van der Waals surface area contributed by atoms with Gasteiger partial charge in [-0.15, -0.1) is 0 Å². The number of halogens is 1. The summed E-state index contributed by atoms with van der Waals surface area (Å²) in [4.78, 5) is 25.8. The Morgan fingerprint density at radius 3 is 2.58 bits per heavy atom. The molecule has 0 saturated carbocycles. The summed E-state index contributed by atoms with van der Waals surface area (Å²) in [6.07, 6.45) is 0.242. The summed E-state index contributed by atoms with van der Waals surface area (Å²) in [5, 5.41) is 3.33. The van der Waals surface area contributed by atoms with Crippen molar-refractivity contribution in [1.29, 1.82) is 0 Å². The fourth-order valence-corrected chi connectivity index (χ4v) is 3.47. The molecule has 1 aliphatic rings. The molecule has 1 atom stereocenters. The molecule has 3 rings (SSSR count). The molecule has 2 aromatic carbocycles. The standard InChI is InChI=1S/C18H17ClN2O4S/c19-15-5-6-16-14(7-15)8-18(23)21(16)10-17(22)20-9-12-1-3-13(4-2-12)11-26(24)25/h1-7H,8-11H2,(H,20,22)(H,24,25)/p-1. The first-order valence-corrected chi connectivity index (χ1v) is 9.54. The second kappa shape index (κ2) is 7.99. The first kappa shape index (κ1) is 18.6. The molecular weight excluding hydrogens is 376 g/mol. The van der Waals surface area contributed by atoms with Crippen LogP contribution in [0.15, 0.2) is 42.5 Å². The SMILES string of the molecule is O=C(CN1C(=O)Cc2cc(Cl)ccc21)NCc1ccc(CS(=O)[O-])cc1. The van der Waals surface area contributed by atoms with Crippen LogP contribution in [-0.4, -0.2) is 27.1 Å². The van der Waals surface area contributed by atoms with Crippen LogP contribution in [0.3, 0.4) is 0 Å². The summed E-state index contributed by atoms with van der Waals surface area (Å²) in [7, 11) is 0. The number of hydrogen-bond acceptors (Lipinski definition) is 4. The molecule has 6 nitrogen and oxygen atoms in total. The zero-order chi connectivity index (χ0) is 18.7. The molecule has 0 aliphatic carbocycles. The van der Waals surface area contributed by atoms with Gasteiger partial charge < -0.3 is 14.8 Å². The second-order valence-electron chi connectivity index (χ2n) is 5.97. The van der Waals surface area contributed by atoms with Gasteiger partial charge in [0.15, 0.2) is 0 Å². The summed E-state index contributed by atoms with van der Waals surface area (Å²) in [5.41, 5.74) is 3.07. The van der Waals surface area contributed by atoms with E-state index in [2.05, 4.69) is 5.32 Å². The molecule has 0 fully saturated rings. The van der Waals surface area contributed by atoms with E-state index in [4.69, 9.17) is 11.6 Å². The molecule has 1 heterocycles. The van der Waals surface area contributed by atoms with E-state index in [1.165, 1.54) is 4.90 Å². The van der Waals surface area contributed by atoms with Gasteiger partial charge in [0, 0.05) is 23.0 Å². The van der Waals surface area contributed by atoms with E-state index in [1.807, 2.05) is 0 Å². The van der Waals surface area contributed by atoms with Crippen LogP contribution in [0.2, 0.25) is 5.02 Å². The molecular formula is C18H16ClN2O4S-. The van der Waals surface area contributed by atoms with E-state index < -0.39 is 11.1 Å². The maximum absolute atomic E-state index is 12.2. The molecule has 26 heavy (non-hydrogen) atoms. The Morgan fingerprint density at radius 1 is 1.19 bits per heavy atom. The van der Waals surface area contributed by atoms with Crippen LogP contribution < -0.4 is 10.2 Å². The normalized spacial score (nSPS) is 14.2. The van der Waals surface area contributed by atoms with Gasteiger partial charge in [-0.3, -0.25) is 13.8 Å². The zero-order valence-electron chi connectivity index (χ0n) is 13.7. The summed E-state index contributed by atoms with van der Waals surface area (Å²) < 4.78 is 21.3. The van der Waals surface area contributed by atoms with Crippen LogP contribution in [-0.2, 0) is 39.4 Å². The molecule has 0 aromatic heterocycles. The molecule has 0 saturated heterocycles. The Labute approximate surface area is 158 Å². The van der Waals surface area contributed by atoms with Crippen LogP contribution in [0, 0.1) is 0 Å². The maximum atomic E-state index is 12.2. The van der Waals surface area contributed by atoms with Gasteiger partial charge in [0.05, 0.1) is 6.42 Å². The summed E-state index contributed by atoms with van der Waals surface area (Å²) in [6, 6.07) is 12.1. The van der Waals surface area contributed by atoms with Gasteiger partial charge in [0.1, 0.15) is 6.54 Å². The Balaban J connectivity index is 1.56. The summed E-state index contributed by atoms with van der Waals surface area (Å²) >= 11 is 3.81. The monoisotopic (exact) mass is 391 g/mol. The lowest BCUT2D eigenvalue weighted by molar-refractivity contribution is -0.123. The van der Waals surface area contributed by atoms with E-state index in [0.29, 0.717) is 22.8 Å². The number of amides is 2. The Hall–Kier alpha value is -2.22. The van der Waals surface area contributed by atoms with Gasteiger partial charge >= 0.3 is 0 Å². The molecule has 0 spiro atoms. The number of benzene rings is 2. The van der Waals surface area contributed by atoms with Gasteiger partial charge in [0.25, 0.3) is 0 Å². The van der Waals surface area contributed by atoms with Crippen molar-refractivity contribution >= 4 is 40.2 Å². The van der Waals surface area contributed by atoms with Gasteiger partial charge in [0.2, 0.25) is 11.8 Å². The molecule has 0 radical (unpaired) electrons. The molecule has 2 amide bonds. The minimum atomic E-state index is -2.13. The lowest BCUT2D eigenvalue weighted by Crippen LogP contribution is -2.38. The van der Waals surface area contributed by atoms with E-state index >= 15 is 0 Å². The van der Waals surface area contributed by atoms with Crippen molar-refractivity contribution in [3.63, 3.8) is 0 Å². The van der Waals surface area contributed by atoms with E-state index in [-0.39, 0.29) is 30.5 Å². The molecule has 2 aromatic rings. The summed E-state index contributed by atoms with van der Waals surface area (Å²) in [6.45, 7) is 0.246. The number of hydrogen-bond donors (Lipinski definition) is 1. The third-order valence-electron chi connectivity index (χ3n) is 4.07. The smallest absolute Gasteiger partial charge is 0.240 e. The van der Waals surface area contributed by atoms with Crippen molar-refractivity contribution in [2.75, 3.05) is 11.4 Å². The second-order valence-corrected chi connectivity index (χ2v) is 7.30. The van der Waals surface area contributed by atoms with Crippen molar-refractivity contribution in [1.82, 2.24) is 5.32 Å². The zero-order valence-corrected chi connectivity index (χ0v) is 15.3. The topological polar surface area (TPSA) is 89.5 Å². The van der Waals surface area contributed by atoms with Crippen LogP contribution >= 0.6 is 11.6 Å². The minimum absolute atomic E-state index is 0.0346. The lowest BCUT2D eigenvalue weighted by Gasteiger charge is -2.17. The third kappa shape index (κ3) is 4.49. The predicted octanol–water partition coefficient (Wildman–Crippen LogP) is 1.92.